The van der Waals surface area contributed by atoms with Crippen LogP contribution in [0.15, 0.2) is 42.5 Å². The van der Waals surface area contributed by atoms with Gasteiger partial charge in [-0.2, -0.15) is 13.2 Å². The number of hydrogen-bond acceptors (Lipinski definition) is 9. The molecule has 2 aromatic heterocycles. The smallest absolute Gasteiger partial charge is 0.494 e. The number of primary amides is 1. The highest BCUT2D eigenvalue weighted by Gasteiger charge is 2.58. The number of hydrogen-bond donors (Lipinski definition) is 3. The minimum absolute atomic E-state index is 0.0822. The minimum atomic E-state index is -5.46. The SMILES string of the molecule is COc1cc(C(=O)NCC(O)(c2cc3c(c(-c4ccc5c(c4)OC(F)(F)O5)n2)OC[C@]3(C)C(N)=O)C(F)(F)F)cc2cc(Cl)c(C)nc12. The van der Waals surface area contributed by atoms with E-state index in [0.717, 1.165) is 18.2 Å². The van der Waals surface area contributed by atoms with Crippen LogP contribution in [-0.2, 0) is 15.8 Å². The number of halogens is 6. The summed E-state index contributed by atoms with van der Waals surface area (Å²) in [6.45, 7) is 1.12. The van der Waals surface area contributed by atoms with Gasteiger partial charge in [-0.3, -0.25) is 9.59 Å². The van der Waals surface area contributed by atoms with Gasteiger partial charge < -0.3 is 35.1 Å². The lowest BCUT2D eigenvalue weighted by atomic mass is 9.81. The van der Waals surface area contributed by atoms with Crippen molar-refractivity contribution in [3.8, 4) is 34.3 Å². The molecule has 11 nitrogen and oxygen atoms in total. The molecule has 2 atom stereocenters. The number of carbonyl (C=O) groups is 2. The second kappa shape index (κ2) is 11.1. The third-order valence-corrected chi connectivity index (χ3v) is 8.57. The molecular weight excluding hydrogens is 671 g/mol. The van der Waals surface area contributed by atoms with E-state index in [2.05, 4.69) is 24.8 Å². The van der Waals surface area contributed by atoms with Crippen molar-refractivity contribution in [3.05, 3.63) is 70.0 Å². The molecule has 4 N–H and O–H groups in total. The van der Waals surface area contributed by atoms with Gasteiger partial charge in [-0.15, -0.1) is 8.78 Å². The molecule has 0 saturated heterocycles. The fourth-order valence-electron chi connectivity index (χ4n) is 5.35. The Bertz CT molecular complexity index is 2030. The van der Waals surface area contributed by atoms with E-state index in [0.29, 0.717) is 16.6 Å². The molecule has 2 aliphatic heterocycles. The Morgan fingerprint density at radius 1 is 1.10 bits per heavy atom. The van der Waals surface area contributed by atoms with Gasteiger partial charge in [0.2, 0.25) is 11.5 Å². The highest BCUT2D eigenvalue weighted by atomic mass is 35.5. The average molecular weight is 695 g/mol. The van der Waals surface area contributed by atoms with E-state index in [9.17, 15) is 36.6 Å². The van der Waals surface area contributed by atoms with Crippen LogP contribution in [0.3, 0.4) is 0 Å². The van der Waals surface area contributed by atoms with Gasteiger partial charge >= 0.3 is 12.5 Å². The van der Waals surface area contributed by atoms with Crippen LogP contribution in [0.4, 0.5) is 22.0 Å². The van der Waals surface area contributed by atoms with Gasteiger partial charge in [0.25, 0.3) is 5.91 Å². The summed E-state index contributed by atoms with van der Waals surface area (Å²) >= 11 is 6.18. The van der Waals surface area contributed by atoms with Crippen molar-refractivity contribution in [2.24, 2.45) is 5.73 Å². The van der Waals surface area contributed by atoms with Gasteiger partial charge in [-0.1, -0.05) is 11.6 Å². The molecule has 6 rings (SSSR count). The molecule has 4 heterocycles. The molecule has 2 aliphatic rings. The van der Waals surface area contributed by atoms with E-state index in [1.165, 1.54) is 38.3 Å². The molecule has 0 fully saturated rings. The van der Waals surface area contributed by atoms with Crippen LogP contribution in [0.25, 0.3) is 22.2 Å². The molecule has 0 spiro atoms. The van der Waals surface area contributed by atoms with Gasteiger partial charge in [-0.05, 0) is 56.3 Å². The lowest BCUT2D eigenvalue weighted by Crippen LogP contribution is -2.51. The molecule has 48 heavy (non-hydrogen) atoms. The number of carbonyl (C=O) groups excluding carboxylic acids is 2. The van der Waals surface area contributed by atoms with Crippen molar-refractivity contribution < 1.29 is 55.6 Å². The Morgan fingerprint density at radius 3 is 2.48 bits per heavy atom. The van der Waals surface area contributed by atoms with Crippen LogP contribution in [0, 0.1) is 6.92 Å². The number of nitrogens with one attached hydrogen (secondary N) is 1. The standard InChI is InChI=1S/C31H24ClF5N4O7/c1-13-18(32)7-15-6-16(9-21(45-3)23(15)40-13)26(42)39-11-29(44,30(33,34)35)22-10-17-25(46-12-28(17,2)27(38)43)24(41-22)14-4-5-19-20(8-14)48-31(36,37)47-19/h4-10,44H,11-12H2,1-3H3,(H2,38,43)(H,39,42)/t28-,29?/m0/s1. The van der Waals surface area contributed by atoms with Gasteiger partial charge in [0, 0.05) is 22.1 Å². The number of amides is 2. The van der Waals surface area contributed by atoms with Crippen molar-refractivity contribution in [2.45, 2.75) is 37.3 Å². The summed E-state index contributed by atoms with van der Waals surface area (Å²) in [7, 11) is 1.32. The summed E-state index contributed by atoms with van der Waals surface area (Å²) in [6.07, 6.45) is -9.46. The fraction of sp³-hybridized carbons (Fsp3) is 0.290. The second-order valence-corrected chi connectivity index (χ2v) is 11.8. The predicted octanol–water partition coefficient (Wildman–Crippen LogP) is 4.90. The second-order valence-electron chi connectivity index (χ2n) is 11.4. The maximum atomic E-state index is 14.8. The first-order chi connectivity index (χ1) is 22.4. The number of nitrogens with zero attached hydrogens (tertiary/aromatic N) is 2. The van der Waals surface area contributed by atoms with Gasteiger partial charge in [0.15, 0.2) is 11.5 Å². The van der Waals surface area contributed by atoms with Crippen molar-refractivity contribution in [1.82, 2.24) is 15.3 Å². The summed E-state index contributed by atoms with van der Waals surface area (Å²) < 4.78 is 91.8. The third kappa shape index (κ3) is 5.34. The molecule has 17 heteroatoms. The van der Waals surface area contributed by atoms with E-state index < -0.39 is 59.9 Å². The molecule has 252 valence electrons. The van der Waals surface area contributed by atoms with E-state index in [1.807, 2.05) is 0 Å². The topological polar surface area (TPSA) is 155 Å². The third-order valence-electron chi connectivity index (χ3n) is 8.18. The number of nitrogens with two attached hydrogens (primary N) is 1. The number of pyridine rings is 2. The van der Waals surface area contributed by atoms with Crippen LogP contribution in [-0.4, -0.2) is 59.6 Å². The van der Waals surface area contributed by atoms with Crippen LogP contribution in [0.2, 0.25) is 5.02 Å². The van der Waals surface area contributed by atoms with E-state index in [4.69, 9.17) is 26.8 Å². The molecular formula is C31H24ClF5N4O7. The quantitative estimate of drug-likeness (QED) is 0.229. The normalized spacial score (nSPS) is 19.0. The lowest BCUT2D eigenvalue weighted by molar-refractivity contribution is -0.286. The molecule has 2 aromatic carbocycles. The first-order valence-electron chi connectivity index (χ1n) is 14.0. The first kappa shape index (κ1) is 33.0. The van der Waals surface area contributed by atoms with Crippen LogP contribution in [0.5, 0.6) is 23.0 Å². The molecule has 1 unspecified atom stereocenters. The number of methoxy groups -OCH3 is 1. The Labute approximate surface area is 272 Å². The molecule has 0 bridgehead atoms. The highest BCUT2D eigenvalue weighted by molar-refractivity contribution is 6.31. The molecule has 2 amide bonds. The van der Waals surface area contributed by atoms with Crippen LogP contribution < -0.4 is 30.0 Å². The zero-order chi connectivity index (χ0) is 35.0. The largest absolute Gasteiger partial charge is 0.586 e. The van der Waals surface area contributed by atoms with E-state index in [-0.39, 0.29) is 44.7 Å². The summed E-state index contributed by atoms with van der Waals surface area (Å²) in [5.41, 5.74) is -0.901. The zero-order valence-corrected chi connectivity index (χ0v) is 25.8. The molecule has 0 saturated carbocycles. The Morgan fingerprint density at radius 2 is 1.81 bits per heavy atom. The maximum Gasteiger partial charge on any atom is 0.586 e. The number of rotatable bonds is 7. The summed E-state index contributed by atoms with van der Waals surface area (Å²) in [5.74, 6) is -2.84. The van der Waals surface area contributed by atoms with Crippen LogP contribution in [0.1, 0.15) is 34.2 Å². The number of aliphatic hydroxyl groups is 1. The zero-order valence-electron chi connectivity index (χ0n) is 25.1. The highest BCUT2D eigenvalue weighted by Crippen LogP contribution is 2.50. The van der Waals surface area contributed by atoms with E-state index >= 15 is 0 Å². The molecule has 4 aromatic rings. The summed E-state index contributed by atoms with van der Waals surface area (Å²) in [4.78, 5) is 34.2. The van der Waals surface area contributed by atoms with Crippen molar-refractivity contribution >= 4 is 34.3 Å². The monoisotopic (exact) mass is 694 g/mol. The van der Waals surface area contributed by atoms with Gasteiger partial charge in [0.05, 0.1) is 30.1 Å². The van der Waals surface area contributed by atoms with Gasteiger partial charge in [0.1, 0.15) is 34.7 Å². The van der Waals surface area contributed by atoms with Crippen molar-refractivity contribution in [2.75, 3.05) is 20.3 Å². The van der Waals surface area contributed by atoms with Crippen LogP contribution >= 0.6 is 11.6 Å². The first-order valence-corrected chi connectivity index (χ1v) is 14.4. The van der Waals surface area contributed by atoms with Crippen molar-refractivity contribution in [1.29, 1.82) is 0 Å². The summed E-state index contributed by atoms with van der Waals surface area (Å²) in [6, 6.07) is 8.21. The number of aromatic nitrogens is 2. The Balaban J connectivity index is 1.43. The average Bonchev–Trinajstić information content (AvgIpc) is 3.53. The Kier molecular flexibility index (Phi) is 7.59. The minimum Gasteiger partial charge on any atom is -0.494 e. The number of fused-ring (bicyclic) bond motifs is 3. The number of aryl methyl sites for hydroxylation is 1. The summed E-state index contributed by atoms with van der Waals surface area (Å²) in [5, 5.41) is 14.1. The molecule has 0 radical (unpaired) electrons. The predicted molar refractivity (Wildman–Crippen MR) is 158 cm³/mol. The van der Waals surface area contributed by atoms with Crippen molar-refractivity contribution in [3.63, 3.8) is 0 Å². The maximum absolute atomic E-state index is 14.8. The lowest BCUT2D eigenvalue weighted by Gasteiger charge is -2.31. The fourth-order valence-corrected chi connectivity index (χ4v) is 5.51. The Hall–Kier alpha value is -4.96. The number of benzene rings is 2. The van der Waals surface area contributed by atoms with E-state index in [1.54, 1.807) is 6.92 Å². The number of alkyl halides is 5. The number of ether oxygens (including phenoxy) is 4. The molecule has 0 aliphatic carbocycles. The van der Waals surface area contributed by atoms with Gasteiger partial charge in [-0.25, -0.2) is 9.97 Å².